The largest absolute Gasteiger partial charge is 0.293 e. The lowest BCUT2D eigenvalue weighted by molar-refractivity contribution is 0.421. The van der Waals surface area contributed by atoms with Gasteiger partial charge in [0.05, 0.1) is 8.01 Å². The van der Waals surface area contributed by atoms with E-state index in [1.165, 1.54) is 32.1 Å². The van der Waals surface area contributed by atoms with E-state index in [0.29, 0.717) is 6.04 Å². The summed E-state index contributed by atoms with van der Waals surface area (Å²) < 4.78 is 0. The van der Waals surface area contributed by atoms with Crippen molar-refractivity contribution >= 4 is 8.01 Å². The molecule has 0 aromatic rings. The summed E-state index contributed by atoms with van der Waals surface area (Å²) in [4.78, 5) is 0. The smallest absolute Gasteiger partial charge is 0.0735 e. The van der Waals surface area contributed by atoms with Gasteiger partial charge in [0, 0.05) is 6.04 Å². The molecule has 1 aliphatic rings. The summed E-state index contributed by atoms with van der Waals surface area (Å²) in [5, 5.41) is 10.3. The van der Waals surface area contributed by atoms with Gasteiger partial charge in [-0.25, -0.2) is 0 Å². The van der Waals surface area contributed by atoms with Crippen molar-refractivity contribution in [1.82, 2.24) is 5.09 Å². The average molecular weight is 161 g/mol. The monoisotopic (exact) mass is 161 g/mol. The summed E-state index contributed by atoms with van der Waals surface area (Å²) in [7, 11) is -1.43. The van der Waals surface area contributed by atoms with Crippen LogP contribution in [0.4, 0.5) is 0 Å². The molecule has 0 saturated heterocycles. The van der Waals surface area contributed by atoms with Gasteiger partial charge in [-0.05, 0) is 12.8 Å². The van der Waals surface area contributed by atoms with E-state index in [2.05, 4.69) is 5.09 Å². The van der Waals surface area contributed by atoms with Crippen molar-refractivity contribution in [3.05, 3.63) is 0 Å². The van der Waals surface area contributed by atoms with Crippen LogP contribution < -0.4 is 10.6 Å². The SMILES string of the molecule is N=[PH](N)NC1CCCCC1. The third kappa shape index (κ3) is 2.82. The van der Waals surface area contributed by atoms with Crippen LogP contribution in [0.2, 0.25) is 0 Å². The van der Waals surface area contributed by atoms with Crippen LogP contribution in [0.3, 0.4) is 0 Å². The number of hydrogen-bond donors (Lipinski definition) is 3. The van der Waals surface area contributed by atoms with Gasteiger partial charge in [-0.1, -0.05) is 19.3 Å². The fraction of sp³-hybridized carbons (Fsp3) is 1.00. The maximum atomic E-state index is 7.18. The summed E-state index contributed by atoms with van der Waals surface area (Å²) in [6.45, 7) is 0. The van der Waals surface area contributed by atoms with Crippen LogP contribution in [0.1, 0.15) is 32.1 Å². The van der Waals surface area contributed by atoms with Gasteiger partial charge in [0.2, 0.25) is 0 Å². The first-order valence-corrected chi connectivity index (χ1v) is 5.47. The van der Waals surface area contributed by atoms with Crippen molar-refractivity contribution in [1.29, 1.82) is 5.16 Å². The molecule has 10 heavy (non-hydrogen) atoms. The molecule has 1 atom stereocenters. The van der Waals surface area contributed by atoms with Crippen LogP contribution in [0.25, 0.3) is 0 Å². The highest BCUT2D eigenvalue weighted by molar-refractivity contribution is 7.40. The lowest BCUT2D eigenvalue weighted by Crippen LogP contribution is -2.26. The Bertz CT molecular complexity index is 120. The van der Waals surface area contributed by atoms with Gasteiger partial charge in [-0.2, -0.15) is 0 Å². The van der Waals surface area contributed by atoms with Crippen LogP contribution in [-0.2, 0) is 0 Å². The molecule has 0 amide bonds. The van der Waals surface area contributed by atoms with Gasteiger partial charge in [-0.15, -0.1) is 0 Å². The molecule has 1 fully saturated rings. The maximum Gasteiger partial charge on any atom is 0.0735 e. The summed E-state index contributed by atoms with van der Waals surface area (Å²) in [6, 6.07) is 0.560. The van der Waals surface area contributed by atoms with Gasteiger partial charge in [0.15, 0.2) is 0 Å². The van der Waals surface area contributed by atoms with E-state index in [0.717, 1.165) is 0 Å². The minimum atomic E-state index is -1.43. The van der Waals surface area contributed by atoms with Crippen molar-refractivity contribution in [2.45, 2.75) is 38.1 Å². The number of nitrogens with two attached hydrogens (primary N) is 1. The molecule has 4 N–H and O–H groups in total. The van der Waals surface area contributed by atoms with E-state index >= 15 is 0 Å². The molecule has 4 heteroatoms. The Hall–Kier alpha value is 0.150. The maximum absolute atomic E-state index is 7.18. The molecular formula is C6H16N3P. The molecule has 0 aliphatic heterocycles. The molecular weight excluding hydrogens is 145 g/mol. The van der Waals surface area contributed by atoms with E-state index in [1.807, 2.05) is 0 Å². The first-order chi connectivity index (χ1) is 4.79. The molecule has 1 aliphatic carbocycles. The van der Waals surface area contributed by atoms with Crippen LogP contribution in [0.5, 0.6) is 0 Å². The van der Waals surface area contributed by atoms with Gasteiger partial charge in [0.1, 0.15) is 0 Å². The molecule has 0 aromatic carbocycles. The second-order valence-corrected chi connectivity index (χ2v) is 4.01. The lowest BCUT2D eigenvalue weighted by atomic mass is 9.96. The van der Waals surface area contributed by atoms with Crippen LogP contribution in [-0.4, -0.2) is 6.04 Å². The van der Waals surface area contributed by atoms with Crippen LogP contribution in [0.15, 0.2) is 0 Å². The van der Waals surface area contributed by atoms with Crippen molar-refractivity contribution in [2.24, 2.45) is 5.50 Å². The second-order valence-electron chi connectivity index (χ2n) is 2.89. The topological polar surface area (TPSA) is 61.9 Å². The summed E-state index contributed by atoms with van der Waals surface area (Å²) in [6.07, 6.45) is 6.44. The first kappa shape index (κ1) is 8.25. The zero-order chi connectivity index (χ0) is 7.40. The Morgan fingerprint density at radius 2 is 1.90 bits per heavy atom. The first-order valence-electron chi connectivity index (χ1n) is 3.89. The number of nitrogens with one attached hydrogen (secondary N) is 2. The van der Waals surface area contributed by atoms with Crippen molar-refractivity contribution in [3.8, 4) is 0 Å². The van der Waals surface area contributed by atoms with Crippen LogP contribution >= 0.6 is 8.01 Å². The van der Waals surface area contributed by atoms with Crippen molar-refractivity contribution < 1.29 is 0 Å². The highest BCUT2D eigenvalue weighted by Gasteiger charge is 2.11. The molecule has 0 spiro atoms. The molecule has 1 unspecified atom stereocenters. The number of hydrogen-bond acceptors (Lipinski definition) is 1. The van der Waals surface area contributed by atoms with Crippen molar-refractivity contribution in [2.75, 3.05) is 0 Å². The molecule has 0 radical (unpaired) electrons. The molecule has 3 nitrogen and oxygen atoms in total. The minimum absolute atomic E-state index is 0.560. The van der Waals surface area contributed by atoms with Gasteiger partial charge in [-0.3, -0.25) is 15.8 Å². The highest BCUT2D eigenvalue weighted by atomic mass is 31.1. The summed E-state index contributed by atoms with van der Waals surface area (Å²) >= 11 is 0. The fourth-order valence-electron chi connectivity index (χ4n) is 1.47. The Morgan fingerprint density at radius 3 is 2.40 bits per heavy atom. The third-order valence-electron chi connectivity index (χ3n) is 1.96. The summed E-state index contributed by atoms with van der Waals surface area (Å²) in [5.41, 5.74) is 5.38. The van der Waals surface area contributed by atoms with Crippen LogP contribution in [0, 0.1) is 5.16 Å². The quantitative estimate of drug-likeness (QED) is 0.539. The molecule has 0 aromatic heterocycles. The van der Waals surface area contributed by atoms with E-state index in [-0.39, 0.29) is 0 Å². The average Bonchev–Trinajstić information content (AvgIpc) is 1.88. The molecule has 60 valence electrons. The Labute approximate surface area is 62.8 Å². The van der Waals surface area contributed by atoms with Crippen molar-refractivity contribution in [3.63, 3.8) is 0 Å². The highest BCUT2D eigenvalue weighted by Crippen LogP contribution is 2.20. The molecule has 1 saturated carbocycles. The Balaban J connectivity index is 2.19. The predicted octanol–water partition coefficient (Wildman–Crippen LogP) is 1.67. The van der Waals surface area contributed by atoms with Gasteiger partial charge < -0.3 is 0 Å². The second kappa shape index (κ2) is 4.12. The van der Waals surface area contributed by atoms with E-state index < -0.39 is 8.01 Å². The summed E-state index contributed by atoms with van der Waals surface area (Å²) in [5.74, 6) is 0. The lowest BCUT2D eigenvalue weighted by Gasteiger charge is -2.22. The molecule has 0 bridgehead atoms. The van der Waals surface area contributed by atoms with Gasteiger partial charge >= 0.3 is 0 Å². The normalized spacial score (nSPS) is 24.5. The number of rotatable bonds is 2. The predicted molar refractivity (Wildman–Crippen MR) is 45.2 cm³/mol. The van der Waals surface area contributed by atoms with Gasteiger partial charge in [0.25, 0.3) is 0 Å². The Morgan fingerprint density at radius 1 is 1.30 bits per heavy atom. The van der Waals surface area contributed by atoms with E-state index in [9.17, 15) is 0 Å². The standard InChI is InChI=1S/C6H16N3P/c7-10(8)9-6-4-2-1-3-5-6/h6,10H,1-5H2,(H4,7,8,9). The van der Waals surface area contributed by atoms with E-state index in [4.69, 9.17) is 10.7 Å². The molecule has 0 heterocycles. The molecule has 1 rings (SSSR count). The zero-order valence-corrected chi connectivity index (χ0v) is 7.19. The zero-order valence-electron chi connectivity index (χ0n) is 6.19. The minimum Gasteiger partial charge on any atom is -0.293 e. The third-order valence-corrected chi connectivity index (χ3v) is 2.68. The fourth-order valence-corrected chi connectivity index (χ4v) is 2.20. The van der Waals surface area contributed by atoms with E-state index in [1.54, 1.807) is 0 Å². The Kier molecular flexibility index (Phi) is 3.40.